The first kappa shape index (κ1) is 14.0. The van der Waals surface area contributed by atoms with Gasteiger partial charge >= 0.3 is 0 Å². The molecule has 0 spiro atoms. The van der Waals surface area contributed by atoms with Gasteiger partial charge in [-0.25, -0.2) is 4.85 Å². The Labute approximate surface area is 192 Å². The molecule has 1 saturated carbocycles. The fourth-order valence-corrected chi connectivity index (χ4v) is 4.71. The summed E-state index contributed by atoms with van der Waals surface area (Å²) < 4.78 is 59.8. The van der Waals surface area contributed by atoms with Gasteiger partial charge in [0.2, 0.25) is 11.4 Å². The summed E-state index contributed by atoms with van der Waals surface area (Å²) in [5.74, 6) is -0.998. The van der Waals surface area contributed by atoms with Crippen LogP contribution in [-0.2, 0) is 7.05 Å². The molecular formula is C28H29N2O+. The average molecular weight is 416 g/mol. The van der Waals surface area contributed by atoms with Crippen molar-refractivity contribution in [2.24, 2.45) is 7.05 Å². The highest BCUT2D eigenvalue weighted by Gasteiger charge is 2.26. The predicted molar refractivity (Wildman–Crippen MR) is 127 cm³/mol. The predicted octanol–water partition coefficient (Wildman–Crippen LogP) is 7.60. The third kappa shape index (κ3) is 3.13. The molecule has 1 fully saturated rings. The molecule has 0 saturated heterocycles. The average Bonchev–Trinajstić information content (AvgIpc) is 3.22. The molecule has 5 rings (SSSR count). The number of hydrogen-bond donors (Lipinski definition) is 0. The third-order valence-electron chi connectivity index (χ3n) is 6.53. The molecule has 0 N–H and O–H groups in total. The van der Waals surface area contributed by atoms with E-state index in [1.807, 2.05) is 26.0 Å². The standard InChI is InChI=1S/C28H29N2O/c1-17-12-14-23(29-4)28-25(17)22-13-11-18(2)26(27(22)31-28)24-16-21(15-19(3)30(24)5)20-9-7-6-8-10-20/h11-16,20H,6-10H2,1-3,5H3/q+1/i1D3,15D,16D,20D. The fraction of sp³-hybridized carbons (Fsp3) is 0.357. The Morgan fingerprint density at radius 2 is 1.87 bits per heavy atom. The molecular weight excluding hydrogens is 380 g/mol. The molecule has 2 aromatic carbocycles. The van der Waals surface area contributed by atoms with Gasteiger partial charge in [-0.05, 0) is 49.2 Å². The SMILES string of the molecule is [2H]c1c(C2([2H])CCCCC2)c([2H])c(-c2c(C)ccc3c2oc2c([N+]#[C-])ccc(C([2H])([2H])[2H])c23)[n+](C)c1C. The first-order chi connectivity index (χ1) is 17.4. The van der Waals surface area contributed by atoms with Crippen LogP contribution in [0.15, 0.2) is 40.8 Å². The lowest BCUT2D eigenvalue weighted by atomic mass is 9.83. The van der Waals surface area contributed by atoms with Crippen LogP contribution in [0.5, 0.6) is 0 Å². The Balaban J connectivity index is 1.93. The molecule has 0 unspecified atom stereocenters. The van der Waals surface area contributed by atoms with Gasteiger partial charge in [0.15, 0.2) is 5.69 Å². The van der Waals surface area contributed by atoms with Crippen molar-refractivity contribution in [3.63, 3.8) is 0 Å². The number of benzene rings is 2. The van der Waals surface area contributed by atoms with Crippen molar-refractivity contribution < 1.29 is 17.2 Å². The van der Waals surface area contributed by atoms with Crippen molar-refractivity contribution in [2.45, 2.75) is 58.7 Å². The molecule has 156 valence electrons. The summed E-state index contributed by atoms with van der Waals surface area (Å²) in [5, 5.41) is 0.955. The summed E-state index contributed by atoms with van der Waals surface area (Å²) in [4.78, 5) is 3.57. The lowest BCUT2D eigenvalue weighted by molar-refractivity contribution is -0.666. The number of fused-ring (bicyclic) bond motifs is 3. The van der Waals surface area contributed by atoms with Gasteiger partial charge in [-0.15, -0.1) is 0 Å². The lowest BCUT2D eigenvalue weighted by Gasteiger charge is -2.22. The van der Waals surface area contributed by atoms with E-state index in [-0.39, 0.29) is 28.9 Å². The molecule has 4 aromatic rings. The minimum Gasteiger partial charge on any atom is -0.466 e. The monoisotopic (exact) mass is 415 g/mol. The quantitative estimate of drug-likeness (QED) is 0.244. The number of furan rings is 1. The summed E-state index contributed by atoms with van der Waals surface area (Å²) in [6, 6.07) is 6.99. The Kier molecular flexibility index (Phi) is 3.41. The van der Waals surface area contributed by atoms with Gasteiger partial charge in [-0.2, -0.15) is 4.57 Å². The molecule has 3 heteroatoms. The highest BCUT2D eigenvalue weighted by molar-refractivity contribution is 6.14. The van der Waals surface area contributed by atoms with E-state index in [1.165, 1.54) is 12.1 Å². The molecule has 0 radical (unpaired) electrons. The summed E-state index contributed by atoms with van der Waals surface area (Å²) in [6.07, 6.45) is 4.07. The maximum Gasteiger partial charge on any atom is 0.229 e. The van der Waals surface area contributed by atoms with Crippen molar-refractivity contribution in [3.8, 4) is 11.3 Å². The zero-order valence-corrected chi connectivity index (χ0v) is 18.1. The molecule has 1 aliphatic rings. The van der Waals surface area contributed by atoms with E-state index in [0.29, 0.717) is 51.7 Å². The van der Waals surface area contributed by atoms with E-state index in [4.69, 9.17) is 16.5 Å². The number of nitrogens with zero attached hydrogens (tertiary/aromatic N) is 2. The second-order valence-electron chi connectivity index (χ2n) is 8.47. The van der Waals surface area contributed by atoms with E-state index in [1.54, 1.807) is 11.6 Å². The van der Waals surface area contributed by atoms with E-state index >= 15 is 0 Å². The Bertz CT molecular complexity index is 1620. The van der Waals surface area contributed by atoms with Crippen LogP contribution in [0.1, 0.15) is 68.6 Å². The number of rotatable bonds is 2. The van der Waals surface area contributed by atoms with Crippen molar-refractivity contribution in [1.29, 1.82) is 0 Å². The summed E-state index contributed by atoms with van der Waals surface area (Å²) in [7, 11) is 1.81. The molecule has 1 aliphatic carbocycles. The highest BCUT2D eigenvalue weighted by Crippen LogP contribution is 2.42. The number of aryl methyl sites for hydroxylation is 2. The van der Waals surface area contributed by atoms with E-state index < -0.39 is 12.7 Å². The summed E-state index contributed by atoms with van der Waals surface area (Å²) in [6.45, 7) is 8.95. The second kappa shape index (κ2) is 7.54. The van der Waals surface area contributed by atoms with E-state index in [2.05, 4.69) is 4.85 Å². The third-order valence-corrected chi connectivity index (χ3v) is 6.53. The molecule has 0 atom stereocenters. The Morgan fingerprint density at radius 1 is 1.10 bits per heavy atom. The van der Waals surface area contributed by atoms with Crippen molar-refractivity contribution in [2.75, 3.05) is 0 Å². The zero-order chi connectivity index (χ0) is 26.9. The largest absolute Gasteiger partial charge is 0.466 e. The van der Waals surface area contributed by atoms with Crippen LogP contribution >= 0.6 is 0 Å². The van der Waals surface area contributed by atoms with Crippen LogP contribution < -0.4 is 4.57 Å². The van der Waals surface area contributed by atoms with Gasteiger partial charge in [0.1, 0.15) is 18.2 Å². The number of aromatic nitrogens is 1. The van der Waals surface area contributed by atoms with Gasteiger partial charge in [-0.3, -0.25) is 0 Å². The Hall–Kier alpha value is -3.12. The Morgan fingerprint density at radius 3 is 2.61 bits per heavy atom. The van der Waals surface area contributed by atoms with E-state index in [9.17, 15) is 2.74 Å². The minimum absolute atomic E-state index is 0.115. The maximum absolute atomic E-state index is 9.31. The molecule has 31 heavy (non-hydrogen) atoms. The van der Waals surface area contributed by atoms with Crippen molar-refractivity contribution in [3.05, 3.63) is 70.2 Å². The van der Waals surface area contributed by atoms with E-state index in [0.717, 1.165) is 24.8 Å². The first-order valence-corrected chi connectivity index (χ1v) is 10.8. The highest BCUT2D eigenvalue weighted by atomic mass is 16.3. The molecule has 2 heterocycles. The van der Waals surface area contributed by atoms with Crippen LogP contribution in [0.25, 0.3) is 38.0 Å². The van der Waals surface area contributed by atoms with Crippen LogP contribution in [0, 0.1) is 27.3 Å². The van der Waals surface area contributed by atoms with Gasteiger partial charge in [0.25, 0.3) is 0 Å². The molecule has 0 aliphatic heterocycles. The minimum atomic E-state index is -2.40. The zero-order valence-electron chi connectivity index (χ0n) is 24.1. The van der Waals surface area contributed by atoms with Gasteiger partial charge in [0, 0.05) is 35.3 Å². The van der Waals surface area contributed by atoms with Crippen LogP contribution in [0.4, 0.5) is 5.69 Å². The van der Waals surface area contributed by atoms with Gasteiger partial charge in [0.05, 0.1) is 14.9 Å². The first-order valence-electron chi connectivity index (χ1n) is 13.8. The summed E-state index contributed by atoms with van der Waals surface area (Å²) in [5.41, 5.74) is 4.03. The van der Waals surface area contributed by atoms with Gasteiger partial charge < -0.3 is 4.42 Å². The lowest BCUT2D eigenvalue weighted by Crippen LogP contribution is -2.35. The normalized spacial score (nSPS) is 19.2. The number of hydrogen-bond acceptors (Lipinski definition) is 1. The summed E-state index contributed by atoms with van der Waals surface area (Å²) >= 11 is 0. The van der Waals surface area contributed by atoms with Crippen LogP contribution in [-0.4, -0.2) is 0 Å². The second-order valence-corrected chi connectivity index (χ2v) is 8.47. The maximum atomic E-state index is 9.31. The van der Waals surface area contributed by atoms with Crippen LogP contribution in [0.2, 0.25) is 0 Å². The van der Waals surface area contributed by atoms with Crippen LogP contribution in [0.3, 0.4) is 0 Å². The van der Waals surface area contributed by atoms with Crippen molar-refractivity contribution in [1.82, 2.24) is 0 Å². The molecule has 0 bridgehead atoms. The smallest absolute Gasteiger partial charge is 0.229 e. The topological polar surface area (TPSA) is 21.4 Å². The van der Waals surface area contributed by atoms with Gasteiger partial charge in [-0.1, -0.05) is 43.5 Å². The van der Waals surface area contributed by atoms with Crippen molar-refractivity contribution >= 4 is 27.6 Å². The fourth-order valence-electron chi connectivity index (χ4n) is 4.71. The molecule has 0 amide bonds. The molecule has 3 nitrogen and oxygen atoms in total. The molecule has 2 aromatic heterocycles. The number of pyridine rings is 1.